The van der Waals surface area contributed by atoms with Crippen LogP contribution in [0.2, 0.25) is 0 Å². The fourth-order valence-electron chi connectivity index (χ4n) is 0.232. The summed E-state index contributed by atoms with van der Waals surface area (Å²) in [5.74, 6) is 0.359. The highest BCUT2D eigenvalue weighted by Gasteiger charge is 1.96. The van der Waals surface area contributed by atoms with Crippen molar-refractivity contribution in [2.45, 2.75) is 13.8 Å². The number of carboxylic acid groups (broad SMARTS) is 1. The van der Waals surface area contributed by atoms with E-state index in [9.17, 15) is 4.79 Å². The molecule has 0 aromatic rings. The molecule has 5 heteroatoms. The summed E-state index contributed by atoms with van der Waals surface area (Å²) in [7, 11) is 0. The van der Waals surface area contributed by atoms with Crippen LogP contribution in [0.1, 0.15) is 13.8 Å². The predicted octanol–water partition coefficient (Wildman–Crippen LogP) is 1.72. The van der Waals surface area contributed by atoms with E-state index in [-0.39, 0.29) is 6.47 Å². The summed E-state index contributed by atoms with van der Waals surface area (Å²) in [4.78, 5) is 18.3. The number of carbonyl (C=O) groups excluding carboxylic acids is 1. The number of hydrogen-bond donors (Lipinski definition) is 1. The second-order valence-electron chi connectivity index (χ2n) is 2.05. The monoisotopic (exact) mass is 182 g/mol. The van der Waals surface area contributed by atoms with Gasteiger partial charge in [0.15, 0.2) is 0 Å². The van der Waals surface area contributed by atoms with Crippen LogP contribution in [-0.2, 0) is 9.53 Å². The van der Waals surface area contributed by atoms with Gasteiger partial charge in [-0.1, -0.05) is 13.8 Å². The van der Waals surface area contributed by atoms with Crippen molar-refractivity contribution in [3.8, 4) is 0 Å². The van der Waals surface area contributed by atoms with Crippen molar-refractivity contribution < 1.29 is 19.4 Å². The lowest BCUT2D eigenvalue weighted by Crippen LogP contribution is -2.02. The zero-order valence-electron chi connectivity index (χ0n) is 6.41. The lowest BCUT2D eigenvalue weighted by molar-refractivity contribution is -0.122. The fourth-order valence-corrected chi connectivity index (χ4v) is 0.295. The maximum atomic E-state index is 9.89. The van der Waals surface area contributed by atoms with Gasteiger partial charge in [-0.15, -0.1) is 0 Å². The van der Waals surface area contributed by atoms with Crippen LogP contribution in [0.4, 0.5) is 4.79 Å². The standard InChI is InChI=1S/C5H9ClO2.CH2O2/c1-4(2)3-8-5(6)7;2-1-3/h4H,3H2,1-2H3;1H,(H,2,3). The average molecular weight is 183 g/mol. The van der Waals surface area contributed by atoms with E-state index in [1.165, 1.54) is 0 Å². The zero-order valence-corrected chi connectivity index (χ0v) is 7.17. The van der Waals surface area contributed by atoms with Gasteiger partial charge >= 0.3 is 5.43 Å². The predicted molar refractivity (Wildman–Crippen MR) is 40.7 cm³/mol. The first-order valence-electron chi connectivity index (χ1n) is 2.94. The van der Waals surface area contributed by atoms with Crippen LogP contribution >= 0.6 is 11.6 Å². The molecule has 0 saturated carbocycles. The van der Waals surface area contributed by atoms with Crippen LogP contribution in [0, 0.1) is 5.92 Å². The normalized spacial score (nSPS) is 8.00. The summed E-state index contributed by atoms with van der Waals surface area (Å²) >= 11 is 4.86. The van der Waals surface area contributed by atoms with Gasteiger partial charge in [0.1, 0.15) is 0 Å². The fraction of sp³-hybridized carbons (Fsp3) is 0.667. The van der Waals surface area contributed by atoms with E-state index in [4.69, 9.17) is 21.5 Å². The highest BCUT2D eigenvalue weighted by molar-refractivity contribution is 6.61. The second kappa shape index (κ2) is 9.23. The molecule has 0 spiro atoms. The summed E-state index contributed by atoms with van der Waals surface area (Å²) in [6, 6.07) is 0. The molecule has 0 saturated heterocycles. The van der Waals surface area contributed by atoms with Gasteiger partial charge < -0.3 is 9.84 Å². The zero-order chi connectivity index (χ0) is 9.28. The van der Waals surface area contributed by atoms with Crippen molar-refractivity contribution in [2.24, 2.45) is 5.92 Å². The Morgan fingerprint density at radius 1 is 1.73 bits per heavy atom. The minimum Gasteiger partial charge on any atom is -0.483 e. The number of rotatable bonds is 2. The molecule has 0 aliphatic carbocycles. The molecule has 0 aliphatic rings. The maximum absolute atomic E-state index is 9.89. The summed E-state index contributed by atoms with van der Waals surface area (Å²) in [5.41, 5.74) is -0.723. The smallest absolute Gasteiger partial charge is 0.403 e. The van der Waals surface area contributed by atoms with E-state index in [0.29, 0.717) is 12.5 Å². The van der Waals surface area contributed by atoms with Crippen LogP contribution < -0.4 is 0 Å². The maximum Gasteiger partial charge on any atom is 0.403 e. The first-order valence-corrected chi connectivity index (χ1v) is 3.32. The summed E-state index contributed by atoms with van der Waals surface area (Å²) in [5, 5.41) is 6.89. The molecule has 11 heavy (non-hydrogen) atoms. The first kappa shape index (κ1) is 12.9. The van der Waals surface area contributed by atoms with E-state index in [0.717, 1.165) is 0 Å². The first-order chi connectivity index (χ1) is 5.04. The number of carbonyl (C=O) groups is 2. The van der Waals surface area contributed by atoms with Crippen LogP contribution in [0.3, 0.4) is 0 Å². The van der Waals surface area contributed by atoms with Gasteiger partial charge in [-0.25, -0.2) is 4.79 Å². The summed E-state index contributed by atoms with van der Waals surface area (Å²) in [6.07, 6.45) is 0. The van der Waals surface area contributed by atoms with E-state index in [1.54, 1.807) is 0 Å². The molecule has 0 bridgehead atoms. The van der Waals surface area contributed by atoms with Crippen molar-refractivity contribution in [3.05, 3.63) is 0 Å². The number of ether oxygens (including phenoxy) is 1. The third-order valence-electron chi connectivity index (χ3n) is 0.530. The Kier molecular flexibility index (Phi) is 10.8. The van der Waals surface area contributed by atoms with Gasteiger partial charge in [-0.2, -0.15) is 0 Å². The van der Waals surface area contributed by atoms with Gasteiger partial charge in [-0.3, -0.25) is 4.79 Å². The molecule has 66 valence electrons. The lowest BCUT2D eigenvalue weighted by atomic mass is 10.2. The molecule has 0 aromatic carbocycles. The van der Waals surface area contributed by atoms with Gasteiger partial charge in [-0.05, 0) is 5.92 Å². The molecule has 1 N–H and O–H groups in total. The molecule has 0 aromatic heterocycles. The van der Waals surface area contributed by atoms with Gasteiger partial charge in [0.2, 0.25) is 0 Å². The van der Waals surface area contributed by atoms with E-state index in [2.05, 4.69) is 4.74 Å². The topological polar surface area (TPSA) is 63.6 Å². The Bertz CT molecular complexity index is 113. The molecule has 0 heterocycles. The van der Waals surface area contributed by atoms with Crippen molar-refractivity contribution >= 4 is 23.5 Å². The number of halogens is 1. The van der Waals surface area contributed by atoms with Crippen LogP contribution in [0.5, 0.6) is 0 Å². The molecular formula is C6H11ClO4. The molecule has 0 radical (unpaired) electrons. The van der Waals surface area contributed by atoms with Crippen LogP contribution in [0.25, 0.3) is 0 Å². The van der Waals surface area contributed by atoms with Crippen molar-refractivity contribution in [2.75, 3.05) is 6.61 Å². The Morgan fingerprint density at radius 3 is 2.18 bits per heavy atom. The average Bonchev–Trinajstić information content (AvgIpc) is 1.85. The molecule has 0 unspecified atom stereocenters. The molecule has 0 amide bonds. The molecule has 0 rings (SSSR count). The Labute approximate surface area is 70.1 Å². The Hall–Kier alpha value is -0.770. The largest absolute Gasteiger partial charge is 0.483 e. The third-order valence-corrected chi connectivity index (χ3v) is 0.639. The molecule has 0 aliphatic heterocycles. The van der Waals surface area contributed by atoms with E-state index < -0.39 is 5.43 Å². The van der Waals surface area contributed by atoms with Crippen LogP contribution in [-0.4, -0.2) is 23.6 Å². The minimum absolute atomic E-state index is 0.250. The highest BCUT2D eigenvalue weighted by Crippen LogP contribution is 1.94. The van der Waals surface area contributed by atoms with Crippen molar-refractivity contribution in [3.63, 3.8) is 0 Å². The molecule has 0 fully saturated rings. The van der Waals surface area contributed by atoms with Gasteiger partial charge in [0.05, 0.1) is 6.61 Å². The van der Waals surface area contributed by atoms with E-state index >= 15 is 0 Å². The minimum atomic E-state index is -0.723. The van der Waals surface area contributed by atoms with E-state index in [1.807, 2.05) is 13.8 Å². The highest BCUT2D eigenvalue weighted by atomic mass is 35.5. The van der Waals surface area contributed by atoms with Crippen molar-refractivity contribution in [1.29, 1.82) is 0 Å². The molecular weight excluding hydrogens is 172 g/mol. The Balaban J connectivity index is 0. The van der Waals surface area contributed by atoms with Crippen LogP contribution in [0.15, 0.2) is 0 Å². The quantitative estimate of drug-likeness (QED) is 0.522. The SMILES string of the molecule is CC(C)COC(=O)Cl.O=CO. The molecule has 4 nitrogen and oxygen atoms in total. The van der Waals surface area contributed by atoms with Gasteiger partial charge in [0.25, 0.3) is 6.47 Å². The Morgan fingerprint density at radius 2 is 2.09 bits per heavy atom. The summed E-state index contributed by atoms with van der Waals surface area (Å²) in [6.45, 7) is 4.04. The molecule has 0 atom stereocenters. The second-order valence-corrected chi connectivity index (χ2v) is 2.36. The van der Waals surface area contributed by atoms with Crippen molar-refractivity contribution in [1.82, 2.24) is 0 Å². The number of hydrogen-bond acceptors (Lipinski definition) is 3. The van der Waals surface area contributed by atoms with Gasteiger partial charge in [0, 0.05) is 11.6 Å². The lowest BCUT2D eigenvalue weighted by Gasteiger charge is -2.00. The summed E-state index contributed by atoms with van der Waals surface area (Å²) < 4.78 is 4.43. The third kappa shape index (κ3) is 27.0.